The van der Waals surface area contributed by atoms with E-state index in [2.05, 4.69) is 4.74 Å². The third kappa shape index (κ3) is 3.64. The molecule has 1 N–H and O–H groups in total. The van der Waals surface area contributed by atoms with Crippen LogP contribution < -0.4 is 0 Å². The number of ether oxygens (including phenoxy) is 1. The van der Waals surface area contributed by atoms with Gasteiger partial charge in [0.15, 0.2) is 0 Å². The molecule has 0 aliphatic rings. The Bertz CT molecular complexity index is 335. The molecule has 1 aromatic rings. The summed E-state index contributed by atoms with van der Waals surface area (Å²) in [5.41, 5.74) is 1.65. The van der Waals surface area contributed by atoms with Crippen LogP contribution in [0.2, 0.25) is 0 Å². The van der Waals surface area contributed by atoms with Crippen molar-refractivity contribution in [1.82, 2.24) is 4.90 Å². The van der Waals surface area contributed by atoms with E-state index in [9.17, 15) is 4.79 Å². The number of esters is 1. The third-order valence-corrected chi connectivity index (χ3v) is 2.31. The monoisotopic (exact) mass is 223 g/mol. The van der Waals surface area contributed by atoms with Crippen molar-refractivity contribution in [3.05, 3.63) is 35.4 Å². The van der Waals surface area contributed by atoms with E-state index in [4.69, 9.17) is 5.11 Å². The van der Waals surface area contributed by atoms with Crippen molar-refractivity contribution >= 4 is 5.97 Å². The molecule has 4 nitrogen and oxygen atoms in total. The molecular weight excluding hydrogens is 206 g/mol. The number of methoxy groups -OCH3 is 1. The molecule has 4 heteroatoms. The fraction of sp³-hybridized carbons (Fsp3) is 0.417. The van der Waals surface area contributed by atoms with Crippen molar-refractivity contribution in [1.29, 1.82) is 0 Å². The summed E-state index contributed by atoms with van der Waals surface area (Å²) in [7, 11) is 3.30. The zero-order chi connectivity index (χ0) is 12.0. The molecule has 0 radical (unpaired) electrons. The van der Waals surface area contributed by atoms with Gasteiger partial charge in [-0.15, -0.1) is 0 Å². The van der Waals surface area contributed by atoms with E-state index in [1.165, 1.54) is 7.11 Å². The Hall–Kier alpha value is -1.39. The van der Waals surface area contributed by atoms with Gasteiger partial charge in [-0.25, -0.2) is 4.79 Å². The van der Waals surface area contributed by atoms with Crippen LogP contribution >= 0.6 is 0 Å². The van der Waals surface area contributed by atoms with Gasteiger partial charge < -0.3 is 9.84 Å². The summed E-state index contributed by atoms with van der Waals surface area (Å²) in [4.78, 5) is 13.2. The second kappa shape index (κ2) is 6.25. The van der Waals surface area contributed by atoms with Crippen molar-refractivity contribution in [3.8, 4) is 0 Å². The Labute approximate surface area is 95.5 Å². The number of hydrogen-bond donors (Lipinski definition) is 1. The predicted octanol–water partition coefficient (Wildman–Crippen LogP) is 0.897. The SMILES string of the molecule is COC(=O)c1ccc(CN(C)CCO)cc1. The fourth-order valence-electron chi connectivity index (χ4n) is 1.43. The number of benzene rings is 1. The van der Waals surface area contributed by atoms with Crippen LogP contribution in [-0.4, -0.2) is 43.3 Å². The standard InChI is InChI=1S/C12H17NO3/c1-13(7-8-14)9-10-3-5-11(6-4-10)12(15)16-2/h3-6,14H,7-9H2,1-2H3. The topological polar surface area (TPSA) is 49.8 Å². The summed E-state index contributed by atoms with van der Waals surface area (Å²) < 4.78 is 4.61. The van der Waals surface area contributed by atoms with Gasteiger partial charge in [-0.1, -0.05) is 12.1 Å². The first-order valence-electron chi connectivity index (χ1n) is 5.14. The predicted molar refractivity (Wildman–Crippen MR) is 61.2 cm³/mol. The van der Waals surface area contributed by atoms with Gasteiger partial charge in [-0.05, 0) is 24.7 Å². The van der Waals surface area contributed by atoms with Crippen LogP contribution in [0, 0.1) is 0 Å². The van der Waals surface area contributed by atoms with E-state index >= 15 is 0 Å². The van der Waals surface area contributed by atoms with Crippen LogP contribution in [0.1, 0.15) is 15.9 Å². The first-order valence-corrected chi connectivity index (χ1v) is 5.14. The average molecular weight is 223 g/mol. The molecule has 16 heavy (non-hydrogen) atoms. The van der Waals surface area contributed by atoms with Crippen LogP contribution in [0.15, 0.2) is 24.3 Å². The maximum Gasteiger partial charge on any atom is 0.337 e. The molecule has 0 aliphatic carbocycles. The van der Waals surface area contributed by atoms with Crippen molar-refractivity contribution in [2.24, 2.45) is 0 Å². The van der Waals surface area contributed by atoms with E-state index < -0.39 is 0 Å². The van der Waals surface area contributed by atoms with E-state index in [-0.39, 0.29) is 12.6 Å². The summed E-state index contributed by atoms with van der Waals surface area (Å²) in [5.74, 6) is -0.324. The number of aliphatic hydroxyl groups excluding tert-OH is 1. The van der Waals surface area contributed by atoms with Gasteiger partial charge in [0.1, 0.15) is 0 Å². The minimum absolute atomic E-state index is 0.150. The molecule has 0 heterocycles. The third-order valence-electron chi connectivity index (χ3n) is 2.31. The highest BCUT2D eigenvalue weighted by atomic mass is 16.5. The molecule has 0 aliphatic heterocycles. The van der Waals surface area contributed by atoms with Crippen molar-refractivity contribution in [3.63, 3.8) is 0 Å². The molecule has 0 amide bonds. The average Bonchev–Trinajstić information content (AvgIpc) is 2.29. The van der Waals surface area contributed by atoms with Crippen LogP contribution in [0.5, 0.6) is 0 Å². The van der Waals surface area contributed by atoms with Gasteiger partial charge >= 0.3 is 5.97 Å². The lowest BCUT2D eigenvalue weighted by Crippen LogP contribution is -2.21. The Morgan fingerprint density at radius 3 is 2.50 bits per heavy atom. The van der Waals surface area contributed by atoms with Crippen LogP contribution in [0.3, 0.4) is 0 Å². The number of likely N-dealkylation sites (N-methyl/N-ethyl adjacent to an activating group) is 1. The zero-order valence-electron chi connectivity index (χ0n) is 9.64. The second-order valence-electron chi connectivity index (χ2n) is 3.65. The molecule has 0 aromatic heterocycles. The minimum atomic E-state index is -0.324. The van der Waals surface area contributed by atoms with Crippen LogP contribution in [0.25, 0.3) is 0 Å². The summed E-state index contributed by atoms with van der Waals surface area (Å²) in [5, 5.41) is 8.76. The Kier molecular flexibility index (Phi) is 4.95. The lowest BCUT2D eigenvalue weighted by atomic mass is 10.1. The highest BCUT2D eigenvalue weighted by Crippen LogP contribution is 2.07. The molecule has 0 fully saturated rings. The molecule has 1 rings (SSSR count). The molecule has 0 bridgehead atoms. The molecule has 0 spiro atoms. The quantitative estimate of drug-likeness (QED) is 0.753. The number of rotatable bonds is 5. The summed E-state index contributed by atoms with van der Waals surface area (Å²) >= 11 is 0. The van der Waals surface area contributed by atoms with E-state index in [1.807, 2.05) is 24.1 Å². The van der Waals surface area contributed by atoms with Gasteiger partial charge in [-0.3, -0.25) is 4.90 Å². The number of hydrogen-bond acceptors (Lipinski definition) is 4. The lowest BCUT2D eigenvalue weighted by Gasteiger charge is -2.14. The molecule has 0 atom stereocenters. The number of nitrogens with zero attached hydrogens (tertiary/aromatic N) is 1. The first-order chi connectivity index (χ1) is 7.67. The molecule has 88 valence electrons. The number of aliphatic hydroxyl groups is 1. The lowest BCUT2D eigenvalue weighted by molar-refractivity contribution is 0.0600. The summed E-state index contributed by atoms with van der Waals surface area (Å²) in [6, 6.07) is 7.27. The highest BCUT2D eigenvalue weighted by molar-refractivity contribution is 5.89. The maximum atomic E-state index is 11.2. The van der Waals surface area contributed by atoms with Gasteiger partial charge in [0, 0.05) is 13.1 Å². The highest BCUT2D eigenvalue weighted by Gasteiger charge is 2.05. The first kappa shape index (κ1) is 12.7. The molecule has 1 aromatic carbocycles. The van der Waals surface area contributed by atoms with Gasteiger partial charge in [-0.2, -0.15) is 0 Å². The minimum Gasteiger partial charge on any atom is -0.465 e. The molecule has 0 saturated carbocycles. The Morgan fingerprint density at radius 1 is 1.38 bits per heavy atom. The van der Waals surface area contributed by atoms with Crippen LogP contribution in [-0.2, 0) is 11.3 Å². The number of carbonyl (C=O) groups excluding carboxylic acids is 1. The van der Waals surface area contributed by atoms with Crippen LogP contribution in [0.4, 0.5) is 0 Å². The van der Waals surface area contributed by atoms with Crippen molar-refractivity contribution < 1.29 is 14.6 Å². The molecule has 0 saturated heterocycles. The van der Waals surface area contributed by atoms with E-state index in [0.29, 0.717) is 12.1 Å². The van der Waals surface area contributed by atoms with Crippen molar-refractivity contribution in [2.75, 3.05) is 27.3 Å². The van der Waals surface area contributed by atoms with Crippen molar-refractivity contribution in [2.45, 2.75) is 6.54 Å². The largest absolute Gasteiger partial charge is 0.465 e. The Balaban J connectivity index is 2.61. The normalized spacial score (nSPS) is 10.5. The number of carbonyl (C=O) groups is 1. The van der Waals surface area contributed by atoms with E-state index in [1.54, 1.807) is 12.1 Å². The fourth-order valence-corrected chi connectivity index (χ4v) is 1.43. The maximum absolute atomic E-state index is 11.2. The smallest absolute Gasteiger partial charge is 0.337 e. The summed E-state index contributed by atoms with van der Waals surface area (Å²) in [6.07, 6.45) is 0. The summed E-state index contributed by atoms with van der Waals surface area (Å²) in [6.45, 7) is 1.54. The van der Waals surface area contributed by atoms with Gasteiger partial charge in [0.2, 0.25) is 0 Å². The Morgan fingerprint density at radius 2 is 2.00 bits per heavy atom. The molecule has 0 unspecified atom stereocenters. The second-order valence-corrected chi connectivity index (χ2v) is 3.65. The van der Waals surface area contributed by atoms with Gasteiger partial charge in [0.05, 0.1) is 19.3 Å². The zero-order valence-corrected chi connectivity index (χ0v) is 9.64. The van der Waals surface area contributed by atoms with Gasteiger partial charge in [0.25, 0.3) is 0 Å². The molecular formula is C12H17NO3. The van der Waals surface area contributed by atoms with E-state index in [0.717, 1.165) is 12.1 Å².